The van der Waals surface area contributed by atoms with E-state index in [0.717, 1.165) is 6.07 Å². The molecule has 0 bridgehead atoms. The minimum absolute atomic E-state index is 0.117. The SMILES string of the molecule is Oc1ccc(-c2cc(O)c(O)cc2O)cc1. The number of hydrogen-bond donors (Lipinski definition) is 4. The van der Waals surface area contributed by atoms with Crippen LogP contribution >= 0.6 is 0 Å². The van der Waals surface area contributed by atoms with Crippen LogP contribution in [0.4, 0.5) is 0 Å². The molecular formula is C12H10O4. The van der Waals surface area contributed by atoms with Crippen LogP contribution in [0, 0.1) is 0 Å². The van der Waals surface area contributed by atoms with Crippen LogP contribution in [-0.4, -0.2) is 20.4 Å². The summed E-state index contributed by atoms with van der Waals surface area (Å²) in [4.78, 5) is 0. The number of hydrogen-bond acceptors (Lipinski definition) is 4. The molecular weight excluding hydrogens is 208 g/mol. The molecule has 0 fully saturated rings. The first-order valence-electron chi connectivity index (χ1n) is 4.62. The van der Waals surface area contributed by atoms with Crippen molar-refractivity contribution in [3.05, 3.63) is 36.4 Å². The summed E-state index contributed by atoms with van der Waals surface area (Å²) in [5.41, 5.74) is 1.01. The number of aromatic hydroxyl groups is 4. The molecule has 0 aliphatic heterocycles. The van der Waals surface area contributed by atoms with E-state index < -0.39 is 0 Å². The molecule has 0 spiro atoms. The van der Waals surface area contributed by atoms with Crippen LogP contribution < -0.4 is 0 Å². The van der Waals surface area contributed by atoms with Gasteiger partial charge in [-0.05, 0) is 23.8 Å². The van der Waals surface area contributed by atoms with Gasteiger partial charge < -0.3 is 20.4 Å². The highest BCUT2D eigenvalue weighted by atomic mass is 16.3. The molecule has 0 saturated heterocycles. The van der Waals surface area contributed by atoms with Gasteiger partial charge in [0.1, 0.15) is 11.5 Å². The van der Waals surface area contributed by atoms with E-state index in [1.807, 2.05) is 0 Å². The lowest BCUT2D eigenvalue weighted by Gasteiger charge is -2.07. The van der Waals surface area contributed by atoms with Gasteiger partial charge in [0.15, 0.2) is 11.5 Å². The maximum atomic E-state index is 9.60. The highest BCUT2D eigenvalue weighted by Gasteiger charge is 2.09. The molecule has 0 amide bonds. The summed E-state index contributed by atoms with van der Waals surface area (Å²) in [5.74, 6) is -0.701. The van der Waals surface area contributed by atoms with Gasteiger partial charge in [-0.3, -0.25) is 0 Å². The second-order valence-corrected chi connectivity index (χ2v) is 3.40. The van der Waals surface area contributed by atoms with Gasteiger partial charge in [0.25, 0.3) is 0 Å². The normalized spacial score (nSPS) is 10.2. The van der Waals surface area contributed by atoms with Crippen molar-refractivity contribution in [3.8, 4) is 34.1 Å². The van der Waals surface area contributed by atoms with E-state index in [4.69, 9.17) is 10.2 Å². The lowest BCUT2D eigenvalue weighted by atomic mass is 10.0. The minimum atomic E-state index is -0.375. The summed E-state index contributed by atoms with van der Waals surface area (Å²) in [6.07, 6.45) is 0. The topological polar surface area (TPSA) is 80.9 Å². The number of benzene rings is 2. The Balaban J connectivity index is 2.56. The maximum Gasteiger partial charge on any atom is 0.161 e. The lowest BCUT2D eigenvalue weighted by Crippen LogP contribution is -1.80. The summed E-state index contributed by atoms with van der Waals surface area (Å²) >= 11 is 0. The molecule has 82 valence electrons. The van der Waals surface area contributed by atoms with Gasteiger partial charge in [0, 0.05) is 11.6 Å². The van der Waals surface area contributed by atoms with Gasteiger partial charge in [-0.1, -0.05) is 12.1 Å². The molecule has 0 aliphatic carbocycles. The number of rotatable bonds is 1. The third kappa shape index (κ3) is 1.72. The molecule has 0 saturated carbocycles. The van der Waals surface area contributed by atoms with E-state index in [1.54, 1.807) is 12.1 Å². The largest absolute Gasteiger partial charge is 0.508 e. The molecule has 2 rings (SSSR count). The van der Waals surface area contributed by atoms with E-state index in [2.05, 4.69) is 0 Å². The van der Waals surface area contributed by atoms with Crippen molar-refractivity contribution in [3.63, 3.8) is 0 Å². The smallest absolute Gasteiger partial charge is 0.161 e. The Morgan fingerprint density at radius 1 is 0.625 bits per heavy atom. The zero-order valence-corrected chi connectivity index (χ0v) is 8.25. The van der Waals surface area contributed by atoms with Crippen LogP contribution in [0.1, 0.15) is 0 Å². The monoisotopic (exact) mass is 218 g/mol. The molecule has 4 N–H and O–H groups in total. The summed E-state index contributed by atoms with van der Waals surface area (Å²) in [6.45, 7) is 0. The van der Waals surface area contributed by atoms with Gasteiger partial charge >= 0.3 is 0 Å². The minimum Gasteiger partial charge on any atom is -0.508 e. The fourth-order valence-electron chi connectivity index (χ4n) is 1.44. The Morgan fingerprint density at radius 2 is 1.19 bits per heavy atom. The van der Waals surface area contributed by atoms with E-state index in [9.17, 15) is 10.2 Å². The first-order chi connectivity index (χ1) is 7.58. The molecule has 4 heteroatoms. The fourth-order valence-corrected chi connectivity index (χ4v) is 1.44. The Kier molecular flexibility index (Phi) is 2.32. The lowest BCUT2D eigenvalue weighted by molar-refractivity contribution is 0.397. The Morgan fingerprint density at radius 3 is 1.81 bits per heavy atom. The van der Waals surface area contributed by atoms with Gasteiger partial charge in [0.05, 0.1) is 0 Å². The molecule has 0 aliphatic rings. The van der Waals surface area contributed by atoms with Gasteiger partial charge in [-0.2, -0.15) is 0 Å². The Bertz CT molecular complexity index is 517. The highest BCUT2D eigenvalue weighted by Crippen LogP contribution is 2.38. The number of phenols is 4. The van der Waals surface area contributed by atoms with Crippen molar-refractivity contribution in [1.29, 1.82) is 0 Å². The molecule has 4 nitrogen and oxygen atoms in total. The van der Waals surface area contributed by atoms with Crippen molar-refractivity contribution in [2.75, 3.05) is 0 Å². The van der Waals surface area contributed by atoms with Crippen molar-refractivity contribution in [2.24, 2.45) is 0 Å². The molecule has 0 atom stereocenters. The van der Waals surface area contributed by atoms with E-state index >= 15 is 0 Å². The molecule has 2 aromatic carbocycles. The molecule has 0 aromatic heterocycles. The van der Waals surface area contributed by atoms with E-state index in [0.29, 0.717) is 11.1 Å². The molecule has 2 aromatic rings. The molecule has 16 heavy (non-hydrogen) atoms. The predicted octanol–water partition coefficient (Wildman–Crippen LogP) is 2.18. The van der Waals surface area contributed by atoms with Crippen LogP contribution in [0.25, 0.3) is 11.1 Å². The van der Waals surface area contributed by atoms with Crippen LogP contribution in [0.15, 0.2) is 36.4 Å². The summed E-state index contributed by atoms with van der Waals surface area (Å²) in [7, 11) is 0. The van der Waals surface area contributed by atoms with Crippen molar-refractivity contribution in [1.82, 2.24) is 0 Å². The predicted molar refractivity (Wildman–Crippen MR) is 58.5 cm³/mol. The van der Waals surface area contributed by atoms with E-state index in [-0.39, 0.29) is 23.0 Å². The molecule has 0 unspecified atom stereocenters. The van der Waals surface area contributed by atoms with Crippen LogP contribution in [0.3, 0.4) is 0 Å². The van der Waals surface area contributed by atoms with Gasteiger partial charge in [-0.25, -0.2) is 0 Å². The highest BCUT2D eigenvalue weighted by molar-refractivity contribution is 5.73. The average Bonchev–Trinajstić information content (AvgIpc) is 2.25. The molecule has 0 heterocycles. The maximum absolute atomic E-state index is 9.60. The second-order valence-electron chi connectivity index (χ2n) is 3.40. The zero-order chi connectivity index (χ0) is 11.7. The van der Waals surface area contributed by atoms with Gasteiger partial charge in [-0.15, -0.1) is 0 Å². The summed E-state index contributed by atoms with van der Waals surface area (Å²) in [5, 5.41) is 37.2. The van der Waals surface area contributed by atoms with Crippen LogP contribution in [0.2, 0.25) is 0 Å². The zero-order valence-electron chi connectivity index (χ0n) is 8.25. The average molecular weight is 218 g/mol. The van der Waals surface area contributed by atoms with Crippen LogP contribution in [-0.2, 0) is 0 Å². The summed E-state index contributed by atoms with van der Waals surface area (Å²) in [6, 6.07) is 8.47. The van der Waals surface area contributed by atoms with Crippen LogP contribution in [0.5, 0.6) is 23.0 Å². The fraction of sp³-hybridized carbons (Fsp3) is 0. The Hall–Kier alpha value is -2.36. The first-order valence-corrected chi connectivity index (χ1v) is 4.62. The summed E-state index contributed by atoms with van der Waals surface area (Å²) < 4.78 is 0. The van der Waals surface area contributed by atoms with Crippen molar-refractivity contribution in [2.45, 2.75) is 0 Å². The third-order valence-electron chi connectivity index (χ3n) is 2.27. The Labute approximate surface area is 91.7 Å². The quantitative estimate of drug-likeness (QED) is 0.437. The second kappa shape index (κ2) is 3.66. The van der Waals surface area contributed by atoms with Gasteiger partial charge in [0.2, 0.25) is 0 Å². The van der Waals surface area contributed by atoms with Crippen molar-refractivity contribution >= 4 is 0 Å². The molecule has 0 radical (unpaired) electrons. The van der Waals surface area contributed by atoms with Crippen molar-refractivity contribution < 1.29 is 20.4 Å². The standard InChI is InChI=1S/C12H10O4/c13-8-3-1-7(2-4-8)9-5-11(15)12(16)6-10(9)14/h1-6,13-16H. The first kappa shape index (κ1) is 10.2. The third-order valence-corrected chi connectivity index (χ3v) is 2.27. The van der Waals surface area contributed by atoms with E-state index in [1.165, 1.54) is 18.2 Å². The number of phenolic OH excluding ortho intramolecular Hbond substituents is 4.